The van der Waals surface area contributed by atoms with Crippen molar-refractivity contribution >= 4 is 23.1 Å². The van der Waals surface area contributed by atoms with Crippen LogP contribution < -0.4 is 10.9 Å². The molecular formula is C15H19N5O5. The minimum Gasteiger partial charge on any atom is -0.480 e. The Balaban J connectivity index is 2.03. The lowest BCUT2D eigenvalue weighted by Gasteiger charge is -2.16. The van der Waals surface area contributed by atoms with E-state index in [9.17, 15) is 19.8 Å². The molecule has 25 heavy (non-hydrogen) atoms. The Morgan fingerprint density at radius 2 is 2.32 bits per heavy atom. The number of aliphatic hydroxyl groups is 2. The number of hydrogen-bond acceptors (Lipinski definition) is 7. The van der Waals surface area contributed by atoms with E-state index in [1.807, 2.05) is 0 Å². The van der Waals surface area contributed by atoms with Gasteiger partial charge in [0, 0.05) is 5.92 Å². The molecule has 2 heterocycles. The Hall–Kier alpha value is -2.72. The minimum atomic E-state index is -1.09. The topological polar surface area (TPSA) is 153 Å². The molecule has 134 valence electrons. The predicted molar refractivity (Wildman–Crippen MR) is 88.2 cm³/mol. The first-order chi connectivity index (χ1) is 11.8. The highest BCUT2D eigenvalue weighted by atomic mass is 16.4. The average Bonchev–Trinajstić information content (AvgIpc) is 3.08. The number of aliphatic hydroxyl groups excluding tert-OH is 2. The number of H-pyrrole nitrogens is 1. The van der Waals surface area contributed by atoms with Crippen molar-refractivity contribution in [3.8, 4) is 0 Å². The number of aliphatic carboxylic acids is 1. The van der Waals surface area contributed by atoms with Gasteiger partial charge in [0.15, 0.2) is 11.2 Å². The Kier molecular flexibility index (Phi) is 4.31. The molecule has 1 fully saturated rings. The number of carboxylic acids is 1. The van der Waals surface area contributed by atoms with Crippen LogP contribution in [0.3, 0.4) is 0 Å². The summed E-state index contributed by atoms with van der Waals surface area (Å²) in [5.41, 5.74) is 0.473. The van der Waals surface area contributed by atoms with E-state index in [0.717, 1.165) is 0 Å². The van der Waals surface area contributed by atoms with Gasteiger partial charge in [-0.1, -0.05) is 6.58 Å². The summed E-state index contributed by atoms with van der Waals surface area (Å²) in [4.78, 5) is 33.9. The van der Waals surface area contributed by atoms with Crippen LogP contribution in [0.1, 0.15) is 19.4 Å². The first kappa shape index (κ1) is 17.1. The van der Waals surface area contributed by atoms with Crippen LogP contribution in [0, 0.1) is 5.92 Å². The molecule has 0 aliphatic heterocycles. The molecule has 3 rings (SSSR count). The van der Waals surface area contributed by atoms with E-state index in [4.69, 9.17) is 5.11 Å². The van der Waals surface area contributed by atoms with Gasteiger partial charge >= 0.3 is 5.97 Å². The second-order valence-electron chi connectivity index (χ2n) is 6.13. The number of nitrogens with one attached hydrogen (secondary N) is 2. The predicted octanol–water partition coefficient (Wildman–Crippen LogP) is -0.525. The van der Waals surface area contributed by atoms with Crippen molar-refractivity contribution in [1.29, 1.82) is 0 Å². The lowest BCUT2D eigenvalue weighted by molar-refractivity contribution is -0.137. The highest BCUT2D eigenvalue weighted by Crippen LogP contribution is 2.39. The number of carbonyl (C=O) groups is 1. The molecule has 4 atom stereocenters. The molecule has 0 saturated heterocycles. The van der Waals surface area contributed by atoms with Gasteiger partial charge in [-0.15, -0.1) is 0 Å². The summed E-state index contributed by atoms with van der Waals surface area (Å²) in [6.07, 6.45) is 1.00. The van der Waals surface area contributed by atoms with Crippen LogP contribution in [0.2, 0.25) is 0 Å². The zero-order valence-electron chi connectivity index (χ0n) is 13.5. The highest BCUT2D eigenvalue weighted by Gasteiger charge is 2.38. The van der Waals surface area contributed by atoms with E-state index in [1.54, 1.807) is 4.57 Å². The molecule has 0 spiro atoms. The van der Waals surface area contributed by atoms with Gasteiger partial charge in [-0.25, -0.2) is 4.98 Å². The SMILES string of the molecule is C=C1[C@H](CO)[C@@H](O)C[C@@H]1n1cnc2c(=O)[nH]c(N[C@H](C)C(=O)O)nc21. The summed E-state index contributed by atoms with van der Waals surface area (Å²) in [5.74, 6) is -1.53. The Bertz CT molecular complexity index is 888. The van der Waals surface area contributed by atoms with E-state index >= 15 is 0 Å². The van der Waals surface area contributed by atoms with Crippen molar-refractivity contribution in [2.24, 2.45) is 5.92 Å². The van der Waals surface area contributed by atoms with Crippen molar-refractivity contribution in [2.75, 3.05) is 11.9 Å². The number of rotatable bonds is 5. The summed E-state index contributed by atoms with van der Waals surface area (Å²) in [6, 6.07) is -1.31. The first-order valence-corrected chi connectivity index (χ1v) is 7.77. The van der Waals surface area contributed by atoms with Crippen LogP contribution in [0.4, 0.5) is 5.95 Å². The highest BCUT2D eigenvalue weighted by molar-refractivity contribution is 5.77. The third-order valence-electron chi connectivity index (χ3n) is 4.52. The zero-order valence-corrected chi connectivity index (χ0v) is 13.5. The largest absolute Gasteiger partial charge is 0.480 e. The number of carboxylic acid groups (broad SMARTS) is 1. The standard InChI is InChI=1S/C15H19N5O5/c1-6-8(4-21)10(22)3-9(6)20-5-16-11-12(20)18-15(19-13(11)23)17-7(2)14(24)25/h5,7-10,21-22H,1,3-4H2,2H3,(H,24,25)(H2,17,18,19,23)/t7-,8+,9+,10+/m1/s1. The zero-order chi connectivity index (χ0) is 18.3. The molecule has 10 nitrogen and oxygen atoms in total. The Morgan fingerprint density at radius 3 is 2.92 bits per heavy atom. The smallest absolute Gasteiger partial charge is 0.325 e. The van der Waals surface area contributed by atoms with Crippen molar-refractivity contribution < 1.29 is 20.1 Å². The molecule has 0 aromatic carbocycles. The molecule has 0 unspecified atom stereocenters. The second-order valence-corrected chi connectivity index (χ2v) is 6.13. The van der Waals surface area contributed by atoms with Gasteiger partial charge in [-0.3, -0.25) is 14.6 Å². The molecule has 5 N–H and O–H groups in total. The molecule has 1 saturated carbocycles. The van der Waals surface area contributed by atoms with Gasteiger partial charge in [-0.05, 0) is 18.9 Å². The van der Waals surface area contributed by atoms with Gasteiger partial charge in [0.1, 0.15) is 6.04 Å². The number of aromatic amines is 1. The maximum Gasteiger partial charge on any atom is 0.325 e. The van der Waals surface area contributed by atoms with Crippen molar-refractivity contribution in [2.45, 2.75) is 31.5 Å². The molecule has 2 aromatic rings. The number of imidazole rings is 1. The fourth-order valence-electron chi connectivity index (χ4n) is 3.06. The average molecular weight is 349 g/mol. The van der Waals surface area contributed by atoms with Crippen molar-refractivity contribution in [1.82, 2.24) is 19.5 Å². The molecule has 0 bridgehead atoms. The van der Waals surface area contributed by atoms with Crippen LogP contribution >= 0.6 is 0 Å². The number of hydrogen-bond donors (Lipinski definition) is 5. The number of anilines is 1. The fourth-order valence-corrected chi connectivity index (χ4v) is 3.06. The molecule has 0 radical (unpaired) electrons. The van der Waals surface area contributed by atoms with Gasteiger partial charge in [0.25, 0.3) is 5.56 Å². The Morgan fingerprint density at radius 1 is 1.60 bits per heavy atom. The van der Waals surface area contributed by atoms with Gasteiger partial charge < -0.3 is 25.2 Å². The Labute approximate surface area is 141 Å². The molecule has 1 aliphatic rings. The summed E-state index contributed by atoms with van der Waals surface area (Å²) in [7, 11) is 0. The molecular weight excluding hydrogens is 330 g/mol. The van der Waals surface area contributed by atoms with Crippen LogP contribution in [0.5, 0.6) is 0 Å². The van der Waals surface area contributed by atoms with Crippen LogP contribution in [0.25, 0.3) is 11.2 Å². The van der Waals surface area contributed by atoms with Crippen molar-refractivity contribution in [3.05, 3.63) is 28.8 Å². The summed E-state index contributed by atoms with van der Waals surface area (Å²) >= 11 is 0. The third kappa shape index (κ3) is 2.89. The molecule has 10 heteroatoms. The monoisotopic (exact) mass is 349 g/mol. The molecule has 0 amide bonds. The summed E-state index contributed by atoms with van der Waals surface area (Å²) in [6.45, 7) is 5.14. The fraction of sp³-hybridized carbons (Fsp3) is 0.467. The van der Waals surface area contributed by atoms with Crippen LogP contribution in [-0.4, -0.2) is 59.6 Å². The second kappa shape index (κ2) is 6.30. The van der Waals surface area contributed by atoms with Gasteiger partial charge in [0.2, 0.25) is 5.95 Å². The summed E-state index contributed by atoms with van der Waals surface area (Å²) < 4.78 is 1.61. The van der Waals surface area contributed by atoms with E-state index in [2.05, 4.69) is 26.8 Å². The quantitative estimate of drug-likeness (QED) is 0.452. The number of nitrogens with zero attached hydrogens (tertiary/aromatic N) is 3. The van der Waals surface area contributed by atoms with Crippen LogP contribution in [-0.2, 0) is 4.79 Å². The third-order valence-corrected chi connectivity index (χ3v) is 4.52. The first-order valence-electron chi connectivity index (χ1n) is 7.77. The van der Waals surface area contributed by atoms with E-state index in [-0.39, 0.29) is 29.8 Å². The lowest BCUT2D eigenvalue weighted by atomic mass is 10.0. The maximum absolute atomic E-state index is 12.2. The van der Waals surface area contributed by atoms with E-state index < -0.39 is 29.6 Å². The number of fused-ring (bicyclic) bond motifs is 1. The molecule has 1 aliphatic carbocycles. The van der Waals surface area contributed by atoms with Gasteiger partial charge in [-0.2, -0.15) is 4.98 Å². The maximum atomic E-state index is 12.2. The lowest BCUT2D eigenvalue weighted by Crippen LogP contribution is -2.28. The normalized spacial score (nSPS) is 24.6. The van der Waals surface area contributed by atoms with E-state index in [1.165, 1.54) is 13.3 Å². The summed E-state index contributed by atoms with van der Waals surface area (Å²) in [5, 5.41) is 31.0. The van der Waals surface area contributed by atoms with Crippen LogP contribution in [0.15, 0.2) is 23.3 Å². The minimum absolute atomic E-state index is 0.0111. The number of aromatic nitrogens is 4. The molecule has 2 aromatic heterocycles. The van der Waals surface area contributed by atoms with Crippen molar-refractivity contribution in [3.63, 3.8) is 0 Å². The van der Waals surface area contributed by atoms with Gasteiger partial charge in [0.05, 0.1) is 25.1 Å². The van der Waals surface area contributed by atoms with E-state index in [0.29, 0.717) is 12.0 Å².